The number of hydrogen-bond donors (Lipinski definition) is 0. The summed E-state index contributed by atoms with van der Waals surface area (Å²) >= 11 is 1.22. The lowest BCUT2D eigenvalue weighted by Crippen LogP contribution is -2.02. The standard InChI is InChI=1S/C7H9NO3S/c1-5-3-11-7(8-5)12-4-6(9)10-2/h3H,4H2,1-2H3. The summed E-state index contributed by atoms with van der Waals surface area (Å²) in [4.78, 5) is 14.7. The molecule has 66 valence electrons. The quantitative estimate of drug-likeness (QED) is 0.526. The van der Waals surface area contributed by atoms with Gasteiger partial charge in [-0.1, -0.05) is 11.8 Å². The average molecular weight is 187 g/mol. The third kappa shape index (κ3) is 2.58. The van der Waals surface area contributed by atoms with E-state index in [2.05, 4.69) is 9.72 Å². The summed E-state index contributed by atoms with van der Waals surface area (Å²) in [5.74, 6) is -0.0490. The first-order chi connectivity index (χ1) is 5.72. The molecule has 0 saturated carbocycles. The van der Waals surface area contributed by atoms with Gasteiger partial charge >= 0.3 is 5.97 Å². The van der Waals surface area contributed by atoms with Crippen LogP contribution in [0, 0.1) is 6.92 Å². The molecule has 12 heavy (non-hydrogen) atoms. The highest BCUT2D eigenvalue weighted by atomic mass is 32.2. The molecule has 0 aliphatic rings. The number of aryl methyl sites for hydroxylation is 1. The number of nitrogens with zero attached hydrogens (tertiary/aromatic N) is 1. The molecule has 0 unspecified atom stereocenters. The number of esters is 1. The van der Waals surface area contributed by atoms with Crippen LogP contribution in [0.1, 0.15) is 5.69 Å². The van der Waals surface area contributed by atoms with Gasteiger partial charge in [0.2, 0.25) is 0 Å². The number of aromatic nitrogens is 1. The molecular weight excluding hydrogens is 178 g/mol. The molecule has 0 radical (unpaired) electrons. The molecule has 0 amide bonds. The second kappa shape index (κ2) is 4.15. The van der Waals surface area contributed by atoms with Gasteiger partial charge in [0, 0.05) is 0 Å². The Balaban J connectivity index is 2.38. The first kappa shape index (κ1) is 9.12. The van der Waals surface area contributed by atoms with Crippen LogP contribution >= 0.6 is 11.8 Å². The van der Waals surface area contributed by atoms with Crippen molar-refractivity contribution in [3.63, 3.8) is 0 Å². The summed E-state index contributed by atoms with van der Waals surface area (Å²) < 4.78 is 9.45. The number of rotatable bonds is 3. The number of carbonyl (C=O) groups is 1. The van der Waals surface area contributed by atoms with Crippen molar-refractivity contribution >= 4 is 17.7 Å². The molecular formula is C7H9NO3S. The first-order valence-corrected chi connectivity index (χ1v) is 4.32. The van der Waals surface area contributed by atoms with Crippen molar-refractivity contribution in [1.29, 1.82) is 0 Å². The van der Waals surface area contributed by atoms with Crippen molar-refractivity contribution in [3.8, 4) is 0 Å². The highest BCUT2D eigenvalue weighted by Crippen LogP contribution is 2.16. The zero-order valence-corrected chi connectivity index (χ0v) is 7.68. The van der Waals surface area contributed by atoms with E-state index in [1.165, 1.54) is 18.9 Å². The van der Waals surface area contributed by atoms with Crippen molar-refractivity contribution < 1.29 is 13.9 Å². The zero-order valence-electron chi connectivity index (χ0n) is 6.86. The largest absolute Gasteiger partial charge is 0.468 e. The van der Waals surface area contributed by atoms with E-state index in [0.29, 0.717) is 5.22 Å². The first-order valence-electron chi connectivity index (χ1n) is 3.34. The van der Waals surface area contributed by atoms with Crippen molar-refractivity contribution in [2.75, 3.05) is 12.9 Å². The van der Waals surface area contributed by atoms with E-state index in [0.717, 1.165) is 5.69 Å². The topological polar surface area (TPSA) is 52.3 Å². The van der Waals surface area contributed by atoms with Gasteiger partial charge < -0.3 is 9.15 Å². The minimum Gasteiger partial charge on any atom is -0.468 e. The lowest BCUT2D eigenvalue weighted by atomic mass is 10.6. The molecule has 0 atom stereocenters. The molecule has 1 aromatic rings. The molecule has 0 bridgehead atoms. The van der Waals surface area contributed by atoms with Gasteiger partial charge in [-0.25, -0.2) is 4.98 Å². The van der Waals surface area contributed by atoms with Crippen LogP contribution in [0.25, 0.3) is 0 Å². The minimum absolute atomic E-state index is 0.233. The molecule has 0 spiro atoms. The summed E-state index contributed by atoms with van der Waals surface area (Å²) in [6, 6.07) is 0. The summed E-state index contributed by atoms with van der Waals surface area (Å²) in [5.41, 5.74) is 0.808. The highest BCUT2D eigenvalue weighted by molar-refractivity contribution is 7.99. The molecule has 0 N–H and O–H groups in total. The minimum atomic E-state index is -0.282. The van der Waals surface area contributed by atoms with Crippen LogP contribution < -0.4 is 0 Å². The summed E-state index contributed by atoms with van der Waals surface area (Å²) in [7, 11) is 1.35. The van der Waals surface area contributed by atoms with Gasteiger partial charge in [0.15, 0.2) is 0 Å². The van der Waals surface area contributed by atoms with E-state index in [9.17, 15) is 4.79 Å². The average Bonchev–Trinajstić information content (AvgIpc) is 2.47. The number of carbonyl (C=O) groups excluding carboxylic acids is 1. The monoisotopic (exact) mass is 187 g/mol. The van der Waals surface area contributed by atoms with E-state index >= 15 is 0 Å². The van der Waals surface area contributed by atoms with Crippen LogP contribution in [0.3, 0.4) is 0 Å². The maximum absolute atomic E-state index is 10.7. The van der Waals surface area contributed by atoms with Gasteiger partial charge in [-0.15, -0.1) is 0 Å². The van der Waals surface area contributed by atoms with Crippen LogP contribution in [0.15, 0.2) is 15.9 Å². The summed E-state index contributed by atoms with van der Waals surface area (Å²) in [6.07, 6.45) is 1.54. The molecule has 4 nitrogen and oxygen atoms in total. The van der Waals surface area contributed by atoms with Crippen molar-refractivity contribution in [2.45, 2.75) is 12.1 Å². The Morgan fingerprint density at radius 3 is 3.08 bits per heavy atom. The van der Waals surface area contributed by atoms with Crippen LogP contribution in [-0.4, -0.2) is 23.8 Å². The number of ether oxygens (including phenoxy) is 1. The fraction of sp³-hybridized carbons (Fsp3) is 0.429. The van der Waals surface area contributed by atoms with Crippen LogP contribution in [-0.2, 0) is 9.53 Å². The van der Waals surface area contributed by atoms with Crippen molar-refractivity contribution in [1.82, 2.24) is 4.98 Å². The SMILES string of the molecule is COC(=O)CSc1nc(C)co1. The van der Waals surface area contributed by atoms with Crippen LogP contribution in [0.5, 0.6) is 0 Å². The number of methoxy groups -OCH3 is 1. The molecule has 1 heterocycles. The van der Waals surface area contributed by atoms with Crippen LogP contribution in [0.4, 0.5) is 0 Å². The van der Waals surface area contributed by atoms with Gasteiger partial charge in [0.05, 0.1) is 12.8 Å². The van der Waals surface area contributed by atoms with Crippen molar-refractivity contribution in [3.05, 3.63) is 12.0 Å². The van der Waals surface area contributed by atoms with Gasteiger partial charge in [-0.05, 0) is 6.92 Å². The van der Waals surface area contributed by atoms with E-state index in [-0.39, 0.29) is 11.7 Å². The zero-order chi connectivity index (χ0) is 8.97. The highest BCUT2D eigenvalue weighted by Gasteiger charge is 2.05. The Hall–Kier alpha value is -0.970. The summed E-state index contributed by atoms with van der Waals surface area (Å²) in [5, 5.41) is 0.498. The van der Waals surface area contributed by atoms with Gasteiger partial charge in [0.1, 0.15) is 12.0 Å². The Labute approximate surface area is 74.3 Å². The molecule has 0 aliphatic carbocycles. The number of oxazole rings is 1. The van der Waals surface area contributed by atoms with E-state index in [1.807, 2.05) is 6.92 Å². The molecule has 0 aliphatic heterocycles. The molecule has 5 heteroatoms. The fourth-order valence-corrected chi connectivity index (χ4v) is 1.26. The second-order valence-corrected chi connectivity index (χ2v) is 3.05. The van der Waals surface area contributed by atoms with E-state index in [4.69, 9.17) is 4.42 Å². The Kier molecular flexibility index (Phi) is 3.16. The van der Waals surface area contributed by atoms with Gasteiger partial charge in [-0.3, -0.25) is 4.79 Å². The van der Waals surface area contributed by atoms with Gasteiger partial charge in [0.25, 0.3) is 5.22 Å². The summed E-state index contributed by atoms with van der Waals surface area (Å²) in [6.45, 7) is 1.83. The number of thioether (sulfide) groups is 1. The lowest BCUT2D eigenvalue weighted by Gasteiger charge is -1.93. The molecule has 1 aromatic heterocycles. The lowest BCUT2D eigenvalue weighted by molar-refractivity contribution is -0.137. The predicted octanol–water partition coefficient (Wildman–Crippen LogP) is 1.25. The molecule has 0 aromatic carbocycles. The smallest absolute Gasteiger partial charge is 0.316 e. The van der Waals surface area contributed by atoms with E-state index in [1.54, 1.807) is 6.26 Å². The molecule has 0 saturated heterocycles. The number of hydrogen-bond acceptors (Lipinski definition) is 5. The Morgan fingerprint density at radius 2 is 2.58 bits per heavy atom. The molecule has 0 fully saturated rings. The predicted molar refractivity (Wildman–Crippen MR) is 44.0 cm³/mol. The van der Waals surface area contributed by atoms with Crippen molar-refractivity contribution in [2.24, 2.45) is 0 Å². The van der Waals surface area contributed by atoms with Crippen LogP contribution in [0.2, 0.25) is 0 Å². The fourth-order valence-electron chi connectivity index (χ4n) is 0.578. The second-order valence-electron chi connectivity index (χ2n) is 2.12. The Morgan fingerprint density at radius 1 is 1.83 bits per heavy atom. The third-order valence-corrected chi connectivity index (χ3v) is 1.95. The maximum Gasteiger partial charge on any atom is 0.316 e. The molecule has 1 rings (SSSR count). The van der Waals surface area contributed by atoms with Gasteiger partial charge in [-0.2, -0.15) is 0 Å². The maximum atomic E-state index is 10.7. The third-order valence-electron chi connectivity index (χ3n) is 1.14. The Bertz CT molecular complexity index is 271. The van der Waals surface area contributed by atoms with E-state index < -0.39 is 0 Å². The normalized spacial score (nSPS) is 9.83.